The maximum Gasteiger partial charge on any atom is 0.332 e. The molecule has 1 aliphatic rings. The molecule has 1 aromatic carbocycles. The molecular formula is C17H19FN4O10. The fourth-order valence-electron chi connectivity index (χ4n) is 3.31. The number of aliphatic hydroxyl groups is 4. The third kappa shape index (κ3) is 3.56. The third-order valence-corrected chi connectivity index (χ3v) is 5.00. The molecule has 8 N–H and O–H groups in total. The number of benzene rings is 1. The maximum absolute atomic E-state index is 12.6. The molecule has 2 heterocycles. The van der Waals surface area contributed by atoms with Gasteiger partial charge in [0, 0.05) is 6.20 Å². The lowest BCUT2D eigenvalue weighted by Crippen LogP contribution is -2.68. The Bertz CT molecular complexity index is 1120. The van der Waals surface area contributed by atoms with Crippen LogP contribution in [0.2, 0.25) is 0 Å². The van der Waals surface area contributed by atoms with Crippen molar-refractivity contribution in [2.75, 3.05) is 6.61 Å². The van der Waals surface area contributed by atoms with Gasteiger partial charge >= 0.3 is 11.6 Å². The van der Waals surface area contributed by atoms with E-state index in [0.717, 1.165) is 0 Å². The van der Waals surface area contributed by atoms with E-state index in [4.69, 9.17) is 4.74 Å². The Morgan fingerprint density at radius 2 is 1.91 bits per heavy atom. The summed E-state index contributed by atoms with van der Waals surface area (Å²) >= 11 is 0. The van der Waals surface area contributed by atoms with Crippen LogP contribution in [0.4, 0.5) is 4.48 Å². The van der Waals surface area contributed by atoms with E-state index in [-0.39, 0.29) is 20.9 Å². The minimum absolute atomic E-state index is 0.00778. The molecule has 174 valence electrons. The topological polar surface area (TPSA) is 218 Å². The van der Waals surface area contributed by atoms with Crippen LogP contribution in [0.1, 0.15) is 15.9 Å². The number of nitrogens with one attached hydrogen (secondary N) is 2. The van der Waals surface area contributed by atoms with Gasteiger partial charge in [0.15, 0.2) is 0 Å². The maximum atomic E-state index is 12.6. The monoisotopic (exact) mass is 458 g/mol. The van der Waals surface area contributed by atoms with Crippen molar-refractivity contribution in [1.82, 2.24) is 20.2 Å². The van der Waals surface area contributed by atoms with Gasteiger partial charge in [-0.3, -0.25) is 14.6 Å². The van der Waals surface area contributed by atoms with Crippen molar-refractivity contribution in [2.24, 2.45) is 0 Å². The zero-order valence-electron chi connectivity index (χ0n) is 16.0. The lowest BCUT2D eigenvalue weighted by atomic mass is 10.00. The second-order valence-corrected chi connectivity index (χ2v) is 6.94. The lowest BCUT2D eigenvalue weighted by molar-refractivity contribution is -0.413. The zero-order valence-corrected chi connectivity index (χ0v) is 16.0. The molecule has 0 spiro atoms. The summed E-state index contributed by atoms with van der Waals surface area (Å²) in [5, 5.41) is 62.2. The lowest BCUT2D eigenvalue weighted by Gasteiger charge is -2.42. The number of nitrogens with zero attached hydrogens (tertiary/aromatic N) is 2. The summed E-state index contributed by atoms with van der Waals surface area (Å²) in [6.45, 7) is -1.62. The van der Waals surface area contributed by atoms with Gasteiger partial charge in [0.25, 0.3) is 11.5 Å². The molecule has 1 saturated heterocycles. The first-order chi connectivity index (χ1) is 15.0. The van der Waals surface area contributed by atoms with Gasteiger partial charge in [0.05, 0.1) is 13.2 Å². The van der Waals surface area contributed by atoms with Crippen LogP contribution >= 0.6 is 0 Å². The van der Waals surface area contributed by atoms with Crippen LogP contribution in [-0.4, -0.2) is 75.8 Å². The van der Waals surface area contributed by atoms with Gasteiger partial charge in [-0.25, -0.2) is 9.36 Å². The summed E-state index contributed by atoms with van der Waals surface area (Å²) in [6.07, 6.45) is -3.68. The van der Waals surface area contributed by atoms with E-state index in [1.54, 1.807) is 4.98 Å². The Hall–Kier alpha value is -3.18. The minimum atomic E-state index is -3.40. The normalized spacial score (nSPS) is 27.6. The average Bonchev–Trinajstić information content (AvgIpc) is 2.97. The molecular weight excluding hydrogens is 439 g/mol. The number of phenols is 1. The highest BCUT2D eigenvalue weighted by Gasteiger charge is 2.70. The molecule has 4 atom stereocenters. The third-order valence-electron chi connectivity index (χ3n) is 5.00. The number of H-pyrrole nitrogens is 1. The van der Waals surface area contributed by atoms with Gasteiger partial charge in [-0.1, -0.05) is 16.6 Å². The average molecular weight is 458 g/mol. The number of hydrogen-bond donors (Lipinski definition) is 8. The molecule has 1 fully saturated rings. The van der Waals surface area contributed by atoms with Gasteiger partial charge in [0.1, 0.15) is 23.5 Å². The molecule has 3 rings (SSSR count). The molecule has 1 aliphatic heterocycles. The number of ether oxygens (including phenoxy) is 1. The number of rotatable bonds is 6. The fourth-order valence-corrected chi connectivity index (χ4v) is 3.31. The Morgan fingerprint density at radius 3 is 2.47 bits per heavy atom. The highest BCUT2D eigenvalue weighted by molar-refractivity contribution is 5.92. The van der Waals surface area contributed by atoms with Crippen LogP contribution < -0.4 is 16.8 Å². The van der Waals surface area contributed by atoms with E-state index in [9.17, 15) is 49.6 Å². The molecule has 0 radical (unpaired) electrons. The number of carbonyl (C=O) groups excluding carboxylic acids is 1. The number of phenolic OH excluding ortho intramolecular Hbond substituents is 1. The zero-order chi connectivity index (χ0) is 23.8. The second kappa shape index (κ2) is 8.40. The van der Waals surface area contributed by atoms with Crippen molar-refractivity contribution in [3.8, 4) is 5.75 Å². The molecule has 0 bridgehead atoms. The number of halogens is 1. The molecule has 0 unspecified atom stereocenters. The number of aromatic hydroxyl groups is 1. The Balaban J connectivity index is 2.15. The molecule has 2 aromatic rings. The summed E-state index contributed by atoms with van der Waals surface area (Å²) in [6, 6.07) is 5.13. The van der Waals surface area contributed by atoms with Crippen molar-refractivity contribution in [1.29, 1.82) is 0 Å². The summed E-state index contributed by atoms with van der Waals surface area (Å²) in [5.74, 6) is -5.14. The summed E-state index contributed by atoms with van der Waals surface area (Å²) in [4.78, 5) is 37.4. The van der Waals surface area contributed by atoms with E-state index < -0.39 is 59.7 Å². The van der Waals surface area contributed by atoms with Crippen molar-refractivity contribution >= 4 is 5.91 Å². The van der Waals surface area contributed by atoms with Crippen molar-refractivity contribution in [3.05, 3.63) is 62.4 Å². The summed E-state index contributed by atoms with van der Waals surface area (Å²) in [5.41, 5.74) is -6.24. The molecule has 1 aromatic heterocycles. The Kier molecular flexibility index (Phi) is 6.16. The fraction of sp³-hybridized carbons (Fsp3) is 0.353. The molecule has 32 heavy (non-hydrogen) atoms. The Labute approximate surface area is 176 Å². The number of aliphatic hydroxyl groups excluding tert-OH is 2. The van der Waals surface area contributed by atoms with Crippen LogP contribution in [0, 0.1) is 0 Å². The number of aromatic amines is 1. The van der Waals surface area contributed by atoms with E-state index >= 15 is 0 Å². The number of hydrogen-bond acceptors (Lipinski definition) is 11. The number of amides is 1. The van der Waals surface area contributed by atoms with Crippen LogP contribution in [0.25, 0.3) is 0 Å². The van der Waals surface area contributed by atoms with Gasteiger partial charge in [0.2, 0.25) is 5.72 Å². The van der Waals surface area contributed by atoms with Gasteiger partial charge in [-0.15, -0.1) is 5.06 Å². The van der Waals surface area contributed by atoms with E-state index in [2.05, 4.69) is 0 Å². The second-order valence-electron chi connectivity index (χ2n) is 6.94. The number of aromatic nitrogens is 2. The first-order valence-electron chi connectivity index (χ1n) is 8.93. The van der Waals surface area contributed by atoms with Crippen molar-refractivity contribution in [2.45, 2.75) is 30.4 Å². The summed E-state index contributed by atoms with van der Waals surface area (Å²) in [7, 11) is 0. The molecule has 1 amide bonds. The Morgan fingerprint density at radius 1 is 1.28 bits per heavy atom. The first kappa shape index (κ1) is 23.5. The molecule has 0 saturated carbocycles. The number of hydroxylamine groups is 2. The van der Waals surface area contributed by atoms with E-state index in [1.807, 2.05) is 0 Å². The molecule has 14 nitrogen and oxygen atoms in total. The van der Waals surface area contributed by atoms with Crippen molar-refractivity contribution < 1.29 is 44.8 Å². The van der Waals surface area contributed by atoms with Gasteiger partial charge in [-0.05, 0) is 17.7 Å². The largest absolute Gasteiger partial charge is 0.508 e. The highest BCUT2D eigenvalue weighted by atomic mass is 19.2. The predicted molar refractivity (Wildman–Crippen MR) is 98.4 cm³/mol. The standard InChI is InChI=1S/C17H19FN4O10/c18-20-14(27)10-6-21(15(28)19-13(10)26)17(30)16(29,12(25)11(7-23)32-17)22(31)5-8-1-3-9(24)4-2-8/h1-4,6,11-12,23-25,29-31H,5,7H2,(H,20,27)(H,19,26,28)/t11-,12-,16-,17+/m1/s1. The SMILES string of the molecule is O=C(NF)c1cn([C@@]2(O)O[C@H](CO)[C@@H](O)[C@]2(O)N(O)Cc2ccc(O)cc2)c(=O)[nH]c1=O. The smallest absolute Gasteiger partial charge is 0.332 e. The van der Waals surface area contributed by atoms with Crippen LogP contribution in [0.3, 0.4) is 0 Å². The molecule has 0 aliphatic carbocycles. The minimum Gasteiger partial charge on any atom is -0.508 e. The van der Waals surface area contributed by atoms with Gasteiger partial charge < -0.3 is 35.5 Å². The summed E-state index contributed by atoms with van der Waals surface area (Å²) < 4.78 is 17.7. The van der Waals surface area contributed by atoms with Gasteiger partial charge in [-0.2, -0.15) is 5.54 Å². The van der Waals surface area contributed by atoms with Crippen molar-refractivity contribution in [3.63, 3.8) is 0 Å². The first-order valence-corrected chi connectivity index (χ1v) is 8.93. The molecule has 15 heteroatoms. The number of carbonyl (C=O) groups is 1. The highest BCUT2D eigenvalue weighted by Crippen LogP contribution is 2.43. The van der Waals surface area contributed by atoms with Crippen LogP contribution in [-0.2, 0) is 17.2 Å². The van der Waals surface area contributed by atoms with E-state index in [1.165, 1.54) is 24.3 Å². The quantitative estimate of drug-likeness (QED) is 0.122. The van der Waals surface area contributed by atoms with E-state index in [0.29, 0.717) is 11.7 Å². The predicted octanol–water partition coefficient (Wildman–Crippen LogP) is -3.21. The van der Waals surface area contributed by atoms with Crippen LogP contribution in [0.15, 0.2) is 40.1 Å². The van der Waals surface area contributed by atoms with Crippen LogP contribution in [0.5, 0.6) is 5.75 Å².